The van der Waals surface area contributed by atoms with Crippen LogP contribution in [0.3, 0.4) is 0 Å². The van der Waals surface area contributed by atoms with Gasteiger partial charge in [-0.2, -0.15) is 0 Å². The minimum Gasteiger partial charge on any atom is -0.467 e. The van der Waals surface area contributed by atoms with E-state index in [0.29, 0.717) is 11.1 Å². The molecule has 0 saturated carbocycles. The lowest BCUT2D eigenvalue weighted by molar-refractivity contribution is -0.388. The molecule has 0 aromatic carbocycles. The fraction of sp³-hybridized carbons (Fsp3) is 0.600. The number of methoxy groups -OCH3 is 1. The van der Waals surface area contributed by atoms with Crippen molar-refractivity contribution in [3.8, 4) is 0 Å². The van der Waals surface area contributed by atoms with Gasteiger partial charge in [0.2, 0.25) is 0 Å². The molecule has 0 amide bonds. The summed E-state index contributed by atoms with van der Waals surface area (Å²) in [5.41, 5.74) is 0.168. The number of hydrogen-bond acceptors (Lipinski definition) is 8. The first-order valence-electron chi connectivity index (χ1n) is 7.95. The molecule has 0 bridgehead atoms. The van der Waals surface area contributed by atoms with E-state index in [9.17, 15) is 14.9 Å². The van der Waals surface area contributed by atoms with E-state index in [0.717, 1.165) is 6.04 Å². The van der Waals surface area contributed by atoms with E-state index >= 15 is 0 Å². The van der Waals surface area contributed by atoms with Gasteiger partial charge in [0.05, 0.1) is 18.1 Å². The number of nitrogens with one attached hydrogen (secondary N) is 1. The first-order chi connectivity index (χ1) is 12.1. The van der Waals surface area contributed by atoms with E-state index in [-0.39, 0.29) is 24.8 Å². The molecule has 9 nitrogen and oxygen atoms in total. The van der Waals surface area contributed by atoms with Crippen molar-refractivity contribution in [1.29, 1.82) is 0 Å². The highest BCUT2D eigenvalue weighted by Gasteiger charge is 2.23. The van der Waals surface area contributed by atoms with E-state index in [1.165, 1.54) is 19.4 Å². The van der Waals surface area contributed by atoms with Crippen LogP contribution in [-0.2, 0) is 19.0 Å². The third kappa shape index (κ3) is 8.21. The Hall–Kier alpha value is -1.56. The summed E-state index contributed by atoms with van der Waals surface area (Å²) in [5, 5.41) is 13.8. The number of anilines is 1. The van der Waals surface area contributed by atoms with Crippen LogP contribution in [0.25, 0.3) is 0 Å². The van der Waals surface area contributed by atoms with Gasteiger partial charge in [0, 0.05) is 14.7 Å². The van der Waals surface area contributed by atoms with Crippen molar-refractivity contribution in [2.75, 3.05) is 32.4 Å². The molecular formula is C15H24BrN3O6Si. The first-order valence-corrected chi connectivity index (χ1v) is 12.4. The van der Waals surface area contributed by atoms with Crippen molar-refractivity contribution < 1.29 is 23.9 Å². The van der Waals surface area contributed by atoms with Crippen LogP contribution in [0.1, 0.15) is 0 Å². The predicted octanol–water partition coefficient (Wildman–Crippen LogP) is 3.03. The van der Waals surface area contributed by atoms with Crippen LogP contribution >= 0.6 is 15.9 Å². The van der Waals surface area contributed by atoms with Crippen LogP contribution in [0.4, 0.5) is 11.5 Å². The molecule has 0 saturated heterocycles. The highest BCUT2D eigenvalue weighted by Crippen LogP contribution is 2.25. The topological polar surface area (TPSA) is 113 Å². The fourth-order valence-corrected chi connectivity index (χ4v) is 2.91. The van der Waals surface area contributed by atoms with Crippen molar-refractivity contribution >= 4 is 41.5 Å². The molecule has 26 heavy (non-hydrogen) atoms. The maximum absolute atomic E-state index is 11.8. The van der Waals surface area contributed by atoms with Gasteiger partial charge in [-0.1, -0.05) is 19.6 Å². The standard InChI is InChI=1S/C15H24BrN3O6Si/c1-23-15(20)13(25-10-24-5-6-26(2,3)4)9-17-12-7-11(16)8-18-14(12)19(21)22/h7-8,13,17H,5-6,9-10H2,1-4H3. The van der Waals surface area contributed by atoms with Crippen LogP contribution in [0.2, 0.25) is 25.7 Å². The number of nitrogens with zero attached hydrogens (tertiary/aromatic N) is 2. The Balaban J connectivity index is 2.62. The molecule has 146 valence electrons. The average Bonchev–Trinajstić information content (AvgIpc) is 2.55. The lowest BCUT2D eigenvalue weighted by Gasteiger charge is -2.18. The van der Waals surface area contributed by atoms with Crippen LogP contribution in [0, 0.1) is 10.1 Å². The molecule has 1 atom stereocenters. The summed E-state index contributed by atoms with van der Waals surface area (Å²) in [6, 6.07) is 2.48. The van der Waals surface area contributed by atoms with Gasteiger partial charge in [0.15, 0.2) is 12.3 Å². The molecule has 1 N–H and O–H groups in total. The number of hydrogen-bond donors (Lipinski definition) is 1. The zero-order chi connectivity index (χ0) is 19.7. The molecule has 1 rings (SSSR count). The van der Waals surface area contributed by atoms with Crippen LogP contribution < -0.4 is 5.32 Å². The zero-order valence-electron chi connectivity index (χ0n) is 15.3. The SMILES string of the molecule is COC(=O)C(CNc1cc(Br)cnc1[N+](=O)[O-])OCOCC[Si](C)(C)C. The second-order valence-corrected chi connectivity index (χ2v) is 13.2. The average molecular weight is 450 g/mol. The Morgan fingerprint density at radius 2 is 2.15 bits per heavy atom. The third-order valence-corrected chi connectivity index (χ3v) is 5.43. The summed E-state index contributed by atoms with van der Waals surface area (Å²) < 4.78 is 16.1. The number of aromatic nitrogens is 1. The summed E-state index contributed by atoms with van der Waals surface area (Å²) in [4.78, 5) is 26.0. The lowest BCUT2D eigenvalue weighted by atomic mass is 10.3. The van der Waals surface area contributed by atoms with Gasteiger partial charge in [-0.3, -0.25) is 0 Å². The second-order valence-electron chi connectivity index (χ2n) is 6.68. The maximum Gasteiger partial charge on any atom is 0.386 e. The summed E-state index contributed by atoms with van der Waals surface area (Å²) in [6.45, 7) is 7.16. The predicted molar refractivity (Wildman–Crippen MR) is 103 cm³/mol. The van der Waals surface area contributed by atoms with Gasteiger partial charge in [-0.25, -0.2) is 4.79 Å². The maximum atomic E-state index is 11.8. The van der Waals surface area contributed by atoms with E-state index in [1.54, 1.807) is 0 Å². The number of ether oxygens (including phenoxy) is 3. The Labute approximate surface area is 161 Å². The summed E-state index contributed by atoms with van der Waals surface area (Å²) in [5.74, 6) is -0.944. The summed E-state index contributed by atoms with van der Waals surface area (Å²) >= 11 is 3.21. The molecule has 0 spiro atoms. The molecule has 0 fully saturated rings. The number of nitro groups is 1. The monoisotopic (exact) mass is 449 g/mol. The van der Waals surface area contributed by atoms with E-state index in [4.69, 9.17) is 14.2 Å². The molecule has 1 unspecified atom stereocenters. The number of rotatable bonds is 11. The minimum absolute atomic E-state index is 0.0248. The number of halogens is 1. The number of pyridine rings is 1. The molecule has 0 aliphatic carbocycles. The van der Waals surface area contributed by atoms with Gasteiger partial charge in [0.25, 0.3) is 0 Å². The first kappa shape index (κ1) is 22.5. The number of carbonyl (C=O) groups excluding carboxylic acids is 1. The molecule has 1 heterocycles. The number of carbonyl (C=O) groups is 1. The molecule has 1 aromatic rings. The van der Waals surface area contributed by atoms with Gasteiger partial charge >= 0.3 is 11.8 Å². The second kappa shape index (κ2) is 10.6. The van der Waals surface area contributed by atoms with Crippen LogP contribution in [-0.4, -0.2) is 57.1 Å². The van der Waals surface area contributed by atoms with Gasteiger partial charge in [0.1, 0.15) is 12.5 Å². The van der Waals surface area contributed by atoms with Gasteiger partial charge in [-0.05, 0) is 37.9 Å². The van der Waals surface area contributed by atoms with Crippen molar-refractivity contribution in [2.24, 2.45) is 0 Å². The Kier molecular flexibility index (Phi) is 9.12. The highest BCUT2D eigenvalue weighted by atomic mass is 79.9. The molecule has 0 aliphatic rings. The Morgan fingerprint density at radius 3 is 2.73 bits per heavy atom. The molecule has 1 aromatic heterocycles. The highest BCUT2D eigenvalue weighted by molar-refractivity contribution is 9.10. The number of esters is 1. The minimum atomic E-state index is -1.20. The summed E-state index contributed by atoms with van der Waals surface area (Å²) in [7, 11) is 0.0393. The van der Waals surface area contributed by atoms with Crippen molar-refractivity contribution in [2.45, 2.75) is 31.8 Å². The molecule has 0 aliphatic heterocycles. The molecular weight excluding hydrogens is 426 g/mol. The van der Waals surface area contributed by atoms with E-state index in [2.05, 4.69) is 45.9 Å². The van der Waals surface area contributed by atoms with Crippen molar-refractivity contribution in [3.63, 3.8) is 0 Å². The molecule has 11 heteroatoms. The fourth-order valence-electron chi connectivity index (χ4n) is 1.82. The quantitative estimate of drug-likeness (QED) is 0.137. The molecule has 0 radical (unpaired) electrons. The lowest BCUT2D eigenvalue weighted by Crippen LogP contribution is -2.34. The normalized spacial score (nSPS) is 12.5. The third-order valence-electron chi connectivity index (χ3n) is 3.30. The van der Waals surface area contributed by atoms with Crippen LogP contribution in [0.15, 0.2) is 16.7 Å². The van der Waals surface area contributed by atoms with Crippen LogP contribution in [0.5, 0.6) is 0 Å². The zero-order valence-corrected chi connectivity index (χ0v) is 17.9. The largest absolute Gasteiger partial charge is 0.467 e. The summed E-state index contributed by atoms with van der Waals surface area (Å²) in [6.07, 6.45) is 0.356. The van der Waals surface area contributed by atoms with Gasteiger partial charge in [-0.15, -0.1) is 0 Å². The van der Waals surface area contributed by atoms with E-state index in [1.807, 2.05) is 0 Å². The van der Waals surface area contributed by atoms with E-state index < -0.39 is 25.1 Å². The van der Waals surface area contributed by atoms with Crippen molar-refractivity contribution in [3.05, 3.63) is 26.9 Å². The Bertz CT molecular complexity index is 626. The van der Waals surface area contributed by atoms with Crippen molar-refractivity contribution in [1.82, 2.24) is 4.98 Å². The van der Waals surface area contributed by atoms with Gasteiger partial charge < -0.3 is 29.6 Å². The smallest absolute Gasteiger partial charge is 0.386 e. The Morgan fingerprint density at radius 1 is 1.46 bits per heavy atom.